The van der Waals surface area contributed by atoms with E-state index in [2.05, 4.69) is 20.6 Å². The van der Waals surface area contributed by atoms with Crippen molar-refractivity contribution in [3.05, 3.63) is 46.6 Å². The molecule has 2 rings (SSSR count). The van der Waals surface area contributed by atoms with E-state index in [4.69, 9.17) is 11.6 Å². The summed E-state index contributed by atoms with van der Waals surface area (Å²) >= 11 is 6.06. The molecule has 26 heavy (non-hydrogen) atoms. The van der Waals surface area contributed by atoms with Gasteiger partial charge in [-0.25, -0.2) is 4.98 Å². The molecule has 0 unspecified atom stereocenters. The molecule has 3 N–H and O–H groups in total. The maximum Gasteiger partial charge on any atom is 0.433 e. The van der Waals surface area contributed by atoms with Crippen LogP contribution in [0.4, 0.5) is 24.9 Å². The third-order valence-electron chi connectivity index (χ3n) is 3.75. The Hall–Kier alpha value is -2.06. The first-order valence-corrected chi connectivity index (χ1v) is 8.39. The number of nitrogens with zero attached hydrogens (tertiary/aromatic N) is 2. The van der Waals surface area contributed by atoms with E-state index in [0.29, 0.717) is 5.02 Å². The molecule has 0 spiro atoms. The molecule has 0 amide bonds. The van der Waals surface area contributed by atoms with Crippen LogP contribution < -0.4 is 10.6 Å². The van der Waals surface area contributed by atoms with Crippen molar-refractivity contribution in [2.24, 2.45) is 5.92 Å². The third kappa shape index (κ3) is 5.47. The Morgan fingerprint density at radius 2 is 1.88 bits per heavy atom. The van der Waals surface area contributed by atoms with Gasteiger partial charge in [-0.05, 0) is 17.5 Å². The molecule has 0 saturated heterocycles. The fraction of sp³-hybridized carbons (Fsp3) is 0.412. The van der Waals surface area contributed by atoms with E-state index in [9.17, 15) is 18.3 Å². The van der Waals surface area contributed by atoms with E-state index in [0.717, 1.165) is 11.6 Å². The number of hydrogen-bond donors (Lipinski definition) is 3. The first-order chi connectivity index (χ1) is 12.2. The van der Waals surface area contributed by atoms with E-state index in [1.165, 1.54) is 0 Å². The van der Waals surface area contributed by atoms with Crippen molar-refractivity contribution in [1.29, 1.82) is 0 Å². The van der Waals surface area contributed by atoms with Crippen molar-refractivity contribution in [2.75, 3.05) is 17.2 Å². The molecule has 1 aromatic carbocycles. The number of aliphatic hydroxyl groups is 1. The summed E-state index contributed by atoms with van der Waals surface area (Å²) < 4.78 is 39.4. The number of anilines is 2. The predicted molar refractivity (Wildman–Crippen MR) is 95.1 cm³/mol. The van der Waals surface area contributed by atoms with E-state index < -0.39 is 17.9 Å². The Kier molecular flexibility index (Phi) is 6.66. The maximum atomic E-state index is 13.1. The molecule has 0 aliphatic carbocycles. The molecule has 0 bridgehead atoms. The van der Waals surface area contributed by atoms with Crippen LogP contribution in [-0.4, -0.2) is 27.7 Å². The molecule has 0 aliphatic heterocycles. The topological polar surface area (TPSA) is 70.1 Å². The van der Waals surface area contributed by atoms with E-state index in [1.54, 1.807) is 24.3 Å². The smallest absolute Gasteiger partial charge is 0.394 e. The molecule has 0 fully saturated rings. The van der Waals surface area contributed by atoms with Crippen LogP contribution in [0.25, 0.3) is 0 Å². The summed E-state index contributed by atoms with van der Waals surface area (Å²) in [6.45, 7) is 3.62. The Bertz CT molecular complexity index is 740. The van der Waals surface area contributed by atoms with Gasteiger partial charge in [-0.1, -0.05) is 43.6 Å². The molecule has 0 saturated carbocycles. The molecule has 1 heterocycles. The first-order valence-electron chi connectivity index (χ1n) is 8.01. The predicted octanol–water partition coefficient (Wildman–Crippen LogP) is 4.19. The number of nitrogens with one attached hydrogen (secondary N) is 2. The summed E-state index contributed by atoms with van der Waals surface area (Å²) in [4.78, 5) is 7.60. The molecule has 2 aromatic rings. The lowest BCUT2D eigenvalue weighted by Crippen LogP contribution is -2.30. The molecule has 9 heteroatoms. The zero-order valence-corrected chi connectivity index (χ0v) is 15.1. The number of alkyl halides is 3. The van der Waals surface area contributed by atoms with Crippen molar-refractivity contribution in [1.82, 2.24) is 9.97 Å². The van der Waals surface area contributed by atoms with Crippen LogP contribution >= 0.6 is 11.6 Å². The van der Waals surface area contributed by atoms with Gasteiger partial charge < -0.3 is 15.7 Å². The van der Waals surface area contributed by atoms with Crippen LogP contribution in [0.15, 0.2) is 30.3 Å². The highest BCUT2D eigenvalue weighted by atomic mass is 35.5. The van der Waals surface area contributed by atoms with Crippen LogP contribution in [0.1, 0.15) is 25.1 Å². The van der Waals surface area contributed by atoms with Gasteiger partial charge in [0, 0.05) is 17.6 Å². The molecule has 1 atom stereocenters. The van der Waals surface area contributed by atoms with Gasteiger partial charge in [-0.15, -0.1) is 0 Å². The summed E-state index contributed by atoms with van der Waals surface area (Å²) in [6, 6.07) is 7.38. The standard InChI is InChI=1S/C17H20ClF3N4O/c1-10(2)13(9-26)23-16-24-14(17(19,20)21)7-15(25-16)22-8-11-5-3-4-6-12(11)18/h3-7,10,13,26H,8-9H2,1-2H3,(H2,22,23,24,25)/t13-/m1/s1. The normalized spacial score (nSPS) is 12.9. The molecule has 5 nitrogen and oxygen atoms in total. The van der Waals surface area contributed by atoms with Crippen molar-refractivity contribution in [3.63, 3.8) is 0 Å². The number of rotatable bonds is 7. The van der Waals surface area contributed by atoms with Crippen LogP contribution in [-0.2, 0) is 12.7 Å². The second-order valence-corrected chi connectivity index (χ2v) is 6.49. The number of benzene rings is 1. The van der Waals surface area contributed by atoms with Crippen molar-refractivity contribution >= 4 is 23.4 Å². The summed E-state index contributed by atoms with van der Waals surface area (Å²) in [6.07, 6.45) is -4.62. The minimum Gasteiger partial charge on any atom is -0.394 e. The Balaban J connectivity index is 2.27. The van der Waals surface area contributed by atoms with Crippen LogP contribution in [0.2, 0.25) is 5.02 Å². The quantitative estimate of drug-likeness (QED) is 0.663. The van der Waals surface area contributed by atoms with Crippen molar-refractivity contribution < 1.29 is 18.3 Å². The number of hydrogen-bond acceptors (Lipinski definition) is 5. The summed E-state index contributed by atoms with van der Waals surface area (Å²) in [7, 11) is 0. The SMILES string of the molecule is CC(C)[C@@H](CO)Nc1nc(NCc2ccccc2Cl)cc(C(F)(F)F)n1. The van der Waals surface area contributed by atoms with Gasteiger partial charge in [0.05, 0.1) is 12.6 Å². The molecule has 0 aliphatic rings. The van der Waals surface area contributed by atoms with Gasteiger partial charge in [-0.2, -0.15) is 18.2 Å². The van der Waals surface area contributed by atoms with Crippen LogP contribution in [0, 0.1) is 5.92 Å². The van der Waals surface area contributed by atoms with Gasteiger partial charge in [0.1, 0.15) is 5.82 Å². The highest BCUT2D eigenvalue weighted by Gasteiger charge is 2.34. The Morgan fingerprint density at radius 3 is 2.46 bits per heavy atom. The lowest BCUT2D eigenvalue weighted by molar-refractivity contribution is -0.141. The lowest BCUT2D eigenvalue weighted by atomic mass is 10.1. The van der Waals surface area contributed by atoms with Gasteiger partial charge in [0.25, 0.3) is 0 Å². The zero-order chi connectivity index (χ0) is 19.3. The molecular formula is C17H20ClF3N4O. The minimum atomic E-state index is -4.62. The van der Waals surface area contributed by atoms with E-state index in [-0.39, 0.29) is 30.8 Å². The maximum absolute atomic E-state index is 13.1. The Labute approximate surface area is 154 Å². The zero-order valence-electron chi connectivity index (χ0n) is 14.3. The van der Waals surface area contributed by atoms with Gasteiger partial charge in [0.15, 0.2) is 5.69 Å². The second kappa shape index (κ2) is 8.55. The number of aromatic nitrogens is 2. The van der Waals surface area contributed by atoms with Crippen LogP contribution in [0.5, 0.6) is 0 Å². The van der Waals surface area contributed by atoms with Gasteiger partial charge >= 0.3 is 6.18 Å². The minimum absolute atomic E-state index is 0.00944. The van der Waals surface area contributed by atoms with Crippen LogP contribution in [0.3, 0.4) is 0 Å². The van der Waals surface area contributed by atoms with E-state index in [1.807, 2.05) is 13.8 Å². The fourth-order valence-corrected chi connectivity index (χ4v) is 2.37. The average Bonchev–Trinajstić information content (AvgIpc) is 2.57. The number of aliphatic hydroxyl groups excluding tert-OH is 1. The third-order valence-corrected chi connectivity index (χ3v) is 4.12. The highest BCUT2D eigenvalue weighted by Crippen LogP contribution is 2.30. The summed E-state index contributed by atoms with van der Waals surface area (Å²) in [5, 5.41) is 15.5. The number of halogens is 4. The molecule has 0 radical (unpaired) electrons. The van der Waals surface area contributed by atoms with E-state index >= 15 is 0 Å². The van der Waals surface area contributed by atoms with Crippen molar-refractivity contribution in [2.45, 2.75) is 32.6 Å². The average molecular weight is 389 g/mol. The largest absolute Gasteiger partial charge is 0.433 e. The lowest BCUT2D eigenvalue weighted by Gasteiger charge is -2.21. The molecule has 142 valence electrons. The second-order valence-electron chi connectivity index (χ2n) is 6.08. The summed E-state index contributed by atoms with van der Waals surface area (Å²) in [5.41, 5.74) is -0.344. The first kappa shape index (κ1) is 20.3. The fourth-order valence-electron chi connectivity index (χ4n) is 2.16. The molecule has 1 aromatic heterocycles. The highest BCUT2D eigenvalue weighted by molar-refractivity contribution is 6.31. The Morgan fingerprint density at radius 1 is 1.19 bits per heavy atom. The molecular weight excluding hydrogens is 369 g/mol. The monoisotopic (exact) mass is 388 g/mol. The van der Waals surface area contributed by atoms with Gasteiger partial charge in [-0.3, -0.25) is 0 Å². The summed E-state index contributed by atoms with van der Waals surface area (Å²) in [5.74, 6) is -0.206. The van der Waals surface area contributed by atoms with Crippen molar-refractivity contribution in [3.8, 4) is 0 Å². The van der Waals surface area contributed by atoms with Gasteiger partial charge in [0.2, 0.25) is 5.95 Å².